The van der Waals surface area contributed by atoms with Crippen molar-refractivity contribution in [3.8, 4) is 16.8 Å². The van der Waals surface area contributed by atoms with E-state index in [1.54, 1.807) is 0 Å². The summed E-state index contributed by atoms with van der Waals surface area (Å²) in [6.07, 6.45) is 1.95. The van der Waals surface area contributed by atoms with Crippen LogP contribution in [0.5, 0.6) is 0 Å². The van der Waals surface area contributed by atoms with Crippen molar-refractivity contribution in [2.75, 3.05) is 0 Å². The van der Waals surface area contributed by atoms with Gasteiger partial charge in [0.05, 0.1) is 0 Å². The molecule has 6 aromatic rings. The molecule has 0 aliphatic heterocycles. The van der Waals surface area contributed by atoms with Crippen LogP contribution in [0.15, 0.2) is 103 Å². The fraction of sp³-hybridized carbons (Fsp3) is 0.216. The van der Waals surface area contributed by atoms with Crippen LogP contribution in [0.4, 0.5) is 0 Å². The molecular formula is C37H35N2PtSi-3. The standard InChI is InChI=1S/C37H35N2Si.Pt/c1-36(2,3)40(37(4,5)6,35-21-12-13-24-38-35)30-22-23-32-31-19-10-11-20-33(31)39(34(32)26-30)29-18-14-17-28(25-29)27-15-8-7-9-16-27;/h7-15,17-24H,1-6H3;/q-3;. The van der Waals surface area contributed by atoms with Gasteiger partial charge in [-0.3, -0.25) is 4.98 Å². The van der Waals surface area contributed by atoms with Gasteiger partial charge in [-0.1, -0.05) is 71.3 Å². The minimum absolute atomic E-state index is 0. The molecule has 0 fully saturated rings. The van der Waals surface area contributed by atoms with E-state index in [-0.39, 0.29) is 31.1 Å². The molecule has 210 valence electrons. The smallest absolute Gasteiger partial charge is 0.127 e. The average molecular weight is 731 g/mol. The normalized spacial score (nSPS) is 12.4. The number of rotatable bonds is 4. The predicted octanol–water partition coefficient (Wildman–Crippen LogP) is 8.41. The molecule has 0 radical (unpaired) electrons. The first kappa shape index (κ1) is 29.2. The number of aromatic nitrogens is 2. The van der Waals surface area contributed by atoms with Crippen molar-refractivity contribution in [1.29, 1.82) is 0 Å². The number of fused-ring (bicyclic) bond motifs is 3. The number of hydrogen-bond donors (Lipinski definition) is 0. The molecule has 4 aromatic carbocycles. The third kappa shape index (κ3) is 4.74. The quantitative estimate of drug-likeness (QED) is 0.132. The van der Waals surface area contributed by atoms with Crippen LogP contribution in [-0.4, -0.2) is 17.6 Å². The molecule has 6 rings (SSSR count). The molecule has 41 heavy (non-hydrogen) atoms. The van der Waals surface area contributed by atoms with Crippen molar-refractivity contribution in [2.24, 2.45) is 0 Å². The fourth-order valence-electron chi connectivity index (χ4n) is 7.09. The first-order valence-corrected chi connectivity index (χ1v) is 16.0. The number of nitrogens with zero attached hydrogens (tertiary/aromatic N) is 2. The van der Waals surface area contributed by atoms with E-state index < -0.39 is 8.07 Å². The summed E-state index contributed by atoms with van der Waals surface area (Å²) in [6.45, 7) is 14.3. The second-order valence-electron chi connectivity index (χ2n) is 12.7. The third-order valence-corrected chi connectivity index (χ3v) is 15.0. The summed E-state index contributed by atoms with van der Waals surface area (Å²) in [7, 11) is -2.50. The van der Waals surface area contributed by atoms with E-state index in [1.165, 1.54) is 21.3 Å². The Balaban J connectivity index is 0.00000337. The number of pyridine rings is 1. The molecular weight excluding hydrogens is 696 g/mol. The van der Waals surface area contributed by atoms with Crippen LogP contribution in [-0.2, 0) is 21.1 Å². The van der Waals surface area contributed by atoms with Gasteiger partial charge in [0.25, 0.3) is 0 Å². The van der Waals surface area contributed by atoms with Crippen molar-refractivity contribution in [3.05, 3.63) is 121 Å². The predicted molar refractivity (Wildman–Crippen MR) is 171 cm³/mol. The van der Waals surface area contributed by atoms with Gasteiger partial charge >= 0.3 is 0 Å². The Hall–Kier alpha value is -3.26. The monoisotopic (exact) mass is 730 g/mol. The molecule has 0 saturated carbocycles. The Labute approximate surface area is 259 Å². The zero-order chi connectivity index (χ0) is 28.1. The Morgan fingerprint density at radius 2 is 1.37 bits per heavy atom. The summed E-state index contributed by atoms with van der Waals surface area (Å²) < 4.78 is 2.34. The van der Waals surface area contributed by atoms with Crippen LogP contribution in [0.1, 0.15) is 41.5 Å². The van der Waals surface area contributed by atoms with Crippen LogP contribution in [0, 0.1) is 18.2 Å². The summed E-state index contributed by atoms with van der Waals surface area (Å²) in [5, 5.41) is 4.92. The van der Waals surface area contributed by atoms with Gasteiger partial charge in [-0.15, -0.1) is 17.5 Å². The topological polar surface area (TPSA) is 17.8 Å². The van der Waals surface area contributed by atoms with Gasteiger partial charge < -0.3 is 4.57 Å². The molecule has 0 saturated heterocycles. The van der Waals surface area contributed by atoms with E-state index in [1.807, 2.05) is 30.5 Å². The summed E-state index contributed by atoms with van der Waals surface area (Å²) in [5.41, 5.74) is 5.32. The van der Waals surface area contributed by atoms with Gasteiger partial charge in [-0.25, -0.2) is 11.1 Å². The van der Waals surface area contributed by atoms with Crippen molar-refractivity contribution < 1.29 is 21.1 Å². The molecule has 0 unspecified atom stereocenters. The van der Waals surface area contributed by atoms with Crippen molar-refractivity contribution in [3.63, 3.8) is 0 Å². The largest absolute Gasteiger partial charge is 0.353 e. The second-order valence-corrected chi connectivity index (χ2v) is 18.2. The molecule has 0 N–H and O–H groups in total. The van der Waals surface area contributed by atoms with Gasteiger partial charge in [-0.2, -0.15) is 65.9 Å². The van der Waals surface area contributed by atoms with E-state index in [2.05, 4.69) is 137 Å². The van der Waals surface area contributed by atoms with Gasteiger partial charge in [0.1, 0.15) is 8.07 Å². The zero-order valence-corrected chi connectivity index (χ0v) is 27.8. The molecule has 2 nitrogen and oxygen atoms in total. The average Bonchev–Trinajstić information content (AvgIpc) is 3.27. The van der Waals surface area contributed by atoms with Gasteiger partial charge in [0.15, 0.2) is 0 Å². The van der Waals surface area contributed by atoms with E-state index in [4.69, 9.17) is 4.98 Å². The van der Waals surface area contributed by atoms with Crippen LogP contribution >= 0.6 is 0 Å². The summed E-state index contributed by atoms with van der Waals surface area (Å²) in [5.74, 6) is 0. The molecule has 0 aliphatic carbocycles. The zero-order valence-electron chi connectivity index (χ0n) is 24.5. The maximum absolute atomic E-state index is 5.03. The molecule has 2 aromatic heterocycles. The van der Waals surface area contributed by atoms with Crippen LogP contribution in [0.3, 0.4) is 0 Å². The van der Waals surface area contributed by atoms with Crippen molar-refractivity contribution in [2.45, 2.75) is 51.6 Å². The van der Waals surface area contributed by atoms with Crippen molar-refractivity contribution in [1.82, 2.24) is 9.55 Å². The maximum Gasteiger partial charge on any atom is 0.127 e. The summed E-state index contributed by atoms with van der Waals surface area (Å²) in [4.78, 5) is 5.03. The number of benzene rings is 4. The van der Waals surface area contributed by atoms with E-state index >= 15 is 0 Å². The second kappa shape index (κ2) is 10.9. The minimum atomic E-state index is -2.50. The Kier molecular flexibility index (Phi) is 7.74. The number of hydrogen-bond acceptors (Lipinski definition) is 1. The fourth-order valence-corrected chi connectivity index (χ4v) is 14.0. The first-order chi connectivity index (χ1) is 19.1. The Bertz CT molecular complexity index is 1800. The Morgan fingerprint density at radius 3 is 2.05 bits per heavy atom. The summed E-state index contributed by atoms with van der Waals surface area (Å²) >= 11 is 0. The molecule has 0 aliphatic rings. The SMILES string of the molecule is CC(C)(C)[Si](c1[c-]c2c(cc1)c1ccccc1n2-c1[c-]c(-c2[c-]cccc2)ccc1)(c1ccccn1)C(C)(C)C.[Pt]. The van der Waals surface area contributed by atoms with Crippen LogP contribution in [0.2, 0.25) is 10.1 Å². The minimum Gasteiger partial charge on any atom is -0.353 e. The molecule has 0 spiro atoms. The van der Waals surface area contributed by atoms with Gasteiger partial charge in [-0.05, 0) is 39.3 Å². The number of para-hydroxylation sites is 1. The molecule has 0 amide bonds. The molecule has 0 atom stereocenters. The van der Waals surface area contributed by atoms with Gasteiger partial charge in [0.2, 0.25) is 0 Å². The molecule has 2 heterocycles. The molecule has 4 heteroatoms. The maximum atomic E-state index is 5.03. The van der Waals surface area contributed by atoms with Gasteiger partial charge in [0, 0.05) is 38.1 Å². The molecule has 0 bridgehead atoms. The summed E-state index contributed by atoms with van der Waals surface area (Å²) in [6, 6.07) is 45.3. The third-order valence-electron chi connectivity index (χ3n) is 8.31. The first-order valence-electron chi connectivity index (χ1n) is 14.0. The van der Waals surface area contributed by atoms with E-state index in [9.17, 15) is 0 Å². The Morgan fingerprint density at radius 1 is 0.659 bits per heavy atom. The van der Waals surface area contributed by atoms with E-state index in [0.29, 0.717) is 0 Å². The van der Waals surface area contributed by atoms with Crippen molar-refractivity contribution >= 4 is 40.4 Å². The van der Waals surface area contributed by atoms with Crippen LogP contribution in [0.25, 0.3) is 38.6 Å². The van der Waals surface area contributed by atoms with Crippen LogP contribution < -0.4 is 10.5 Å². The van der Waals surface area contributed by atoms with E-state index in [0.717, 1.165) is 27.8 Å².